The van der Waals surface area contributed by atoms with Crippen molar-refractivity contribution in [3.05, 3.63) is 64.7 Å². The minimum atomic E-state index is -0.0802. The molecule has 0 aliphatic rings. The Balaban J connectivity index is 2.08. The first-order chi connectivity index (χ1) is 10.0. The van der Waals surface area contributed by atoms with Gasteiger partial charge in [-0.05, 0) is 61.7 Å². The zero-order valence-electron chi connectivity index (χ0n) is 12.9. The number of ether oxygens (including phenoxy) is 1. The largest absolute Gasteiger partial charge is 0.497 e. The van der Waals surface area contributed by atoms with Crippen molar-refractivity contribution in [1.82, 2.24) is 5.32 Å². The molecule has 1 amide bonds. The summed E-state index contributed by atoms with van der Waals surface area (Å²) in [4.78, 5) is 12.2. The maximum absolute atomic E-state index is 12.2. The number of methoxy groups -OCH3 is 1. The number of hydrogen-bond acceptors (Lipinski definition) is 2. The third kappa shape index (κ3) is 3.63. The van der Waals surface area contributed by atoms with Crippen molar-refractivity contribution in [2.75, 3.05) is 7.11 Å². The smallest absolute Gasteiger partial charge is 0.251 e. The van der Waals surface area contributed by atoms with Gasteiger partial charge in [0.2, 0.25) is 0 Å². The van der Waals surface area contributed by atoms with E-state index in [1.807, 2.05) is 6.92 Å². The van der Waals surface area contributed by atoms with Crippen LogP contribution in [-0.4, -0.2) is 13.0 Å². The highest BCUT2D eigenvalue weighted by atomic mass is 16.5. The van der Waals surface area contributed by atoms with Gasteiger partial charge in [0, 0.05) is 5.56 Å². The van der Waals surface area contributed by atoms with E-state index >= 15 is 0 Å². The van der Waals surface area contributed by atoms with Gasteiger partial charge < -0.3 is 10.1 Å². The van der Waals surface area contributed by atoms with E-state index in [9.17, 15) is 4.79 Å². The summed E-state index contributed by atoms with van der Waals surface area (Å²) in [5.41, 5.74) is 4.23. The lowest BCUT2D eigenvalue weighted by Crippen LogP contribution is -2.26. The molecule has 0 radical (unpaired) electrons. The molecule has 0 aromatic heterocycles. The molecule has 3 nitrogen and oxygen atoms in total. The van der Waals surface area contributed by atoms with Gasteiger partial charge >= 0.3 is 0 Å². The van der Waals surface area contributed by atoms with Crippen molar-refractivity contribution in [2.24, 2.45) is 0 Å². The van der Waals surface area contributed by atoms with Crippen LogP contribution in [0.1, 0.15) is 40.0 Å². The van der Waals surface area contributed by atoms with E-state index in [1.54, 1.807) is 31.4 Å². The minimum Gasteiger partial charge on any atom is -0.497 e. The van der Waals surface area contributed by atoms with Crippen LogP contribution in [0.2, 0.25) is 0 Å². The van der Waals surface area contributed by atoms with Crippen LogP contribution in [0.5, 0.6) is 5.75 Å². The molecule has 3 heteroatoms. The van der Waals surface area contributed by atoms with Crippen molar-refractivity contribution in [1.29, 1.82) is 0 Å². The van der Waals surface area contributed by atoms with Crippen LogP contribution in [0.25, 0.3) is 0 Å². The van der Waals surface area contributed by atoms with Gasteiger partial charge in [-0.1, -0.05) is 18.2 Å². The molecule has 110 valence electrons. The van der Waals surface area contributed by atoms with Crippen molar-refractivity contribution < 1.29 is 9.53 Å². The molecule has 0 unspecified atom stereocenters. The zero-order chi connectivity index (χ0) is 15.4. The van der Waals surface area contributed by atoms with Gasteiger partial charge in [-0.25, -0.2) is 0 Å². The van der Waals surface area contributed by atoms with E-state index in [0.29, 0.717) is 5.56 Å². The summed E-state index contributed by atoms with van der Waals surface area (Å²) < 4.78 is 5.09. The van der Waals surface area contributed by atoms with Gasteiger partial charge in [0.25, 0.3) is 5.91 Å². The summed E-state index contributed by atoms with van der Waals surface area (Å²) in [6.45, 7) is 6.15. The number of amides is 1. The quantitative estimate of drug-likeness (QED) is 0.926. The summed E-state index contributed by atoms with van der Waals surface area (Å²) in [5, 5.41) is 3.02. The van der Waals surface area contributed by atoms with Gasteiger partial charge in [-0.2, -0.15) is 0 Å². The number of aryl methyl sites for hydroxylation is 2. The molecular weight excluding hydrogens is 262 g/mol. The summed E-state index contributed by atoms with van der Waals surface area (Å²) in [6.07, 6.45) is 0. The Morgan fingerprint density at radius 2 is 1.71 bits per heavy atom. The molecular formula is C18H21NO2. The Hall–Kier alpha value is -2.29. The van der Waals surface area contributed by atoms with E-state index in [2.05, 4.69) is 37.4 Å². The summed E-state index contributed by atoms with van der Waals surface area (Å²) in [6, 6.07) is 13.3. The van der Waals surface area contributed by atoms with Crippen molar-refractivity contribution in [3.63, 3.8) is 0 Å². The highest BCUT2D eigenvalue weighted by Crippen LogP contribution is 2.18. The molecule has 0 bridgehead atoms. The molecule has 21 heavy (non-hydrogen) atoms. The lowest BCUT2D eigenvalue weighted by Gasteiger charge is -2.16. The van der Waals surface area contributed by atoms with Gasteiger partial charge in [0.05, 0.1) is 13.2 Å². The summed E-state index contributed by atoms with van der Waals surface area (Å²) in [7, 11) is 1.61. The van der Waals surface area contributed by atoms with E-state index in [1.165, 1.54) is 11.1 Å². The summed E-state index contributed by atoms with van der Waals surface area (Å²) in [5.74, 6) is 0.664. The van der Waals surface area contributed by atoms with Crippen molar-refractivity contribution in [3.8, 4) is 5.75 Å². The van der Waals surface area contributed by atoms with E-state index < -0.39 is 0 Å². The normalized spacial score (nSPS) is 11.8. The van der Waals surface area contributed by atoms with Gasteiger partial charge in [0.1, 0.15) is 5.75 Å². The number of rotatable bonds is 4. The lowest BCUT2D eigenvalue weighted by atomic mass is 10.0. The maximum Gasteiger partial charge on any atom is 0.251 e. The monoisotopic (exact) mass is 283 g/mol. The van der Waals surface area contributed by atoms with Crippen molar-refractivity contribution in [2.45, 2.75) is 26.8 Å². The average Bonchev–Trinajstić information content (AvgIpc) is 2.50. The fraction of sp³-hybridized carbons (Fsp3) is 0.278. The predicted molar refractivity (Wildman–Crippen MR) is 84.8 cm³/mol. The molecule has 0 saturated heterocycles. The minimum absolute atomic E-state index is 0.0288. The second-order valence-electron chi connectivity index (χ2n) is 5.27. The highest BCUT2D eigenvalue weighted by molar-refractivity contribution is 5.94. The standard InChI is InChI=1S/C18H21NO2/c1-12-5-6-16(11-13(12)2)14(3)19-18(20)15-7-9-17(21-4)10-8-15/h5-11,14H,1-4H3,(H,19,20)/t14-/m0/s1. The number of nitrogens with one attached hydrogen (secondary N) is 1. The van der Waals surface area contributed by atoms with Crippen LogP contribution in [0.3, 0.4) is 0 Å². The molecule has 0 heterocycles. The van der Waals surface area contributed by atoms with E-state index in [4.69, 9.17) is 4.74 Å². The third-order valence-corrected chi connectivity index (χ3v) is 3.73. The number of benzene rings is 2. The SMILES string of the molecule is COc1ccc(C(=O)N[C@@H](C)c2ccc(C)c(C)c2)cc1. The van der Waals surface area contributed by atoms with Gasteiger partial charge in [-0.3, -0.25) is 4.79 Å². The molecule has 2 rings (SSSR count). The number of carbonyl (C=O) groups excluding carboxylic acids is 1. The first kappa shape index (κ1) is 15.1. The first-order valence-corrected chi connectivity index (χ1v) is 7.03. The Bertz CT molecular complexity index is 632. The van der Waals surface area contributed by atoms with E-state index in [0.717, 1.165) is 11.3 Å². The average molecular weight is 283 g/mol. The van der Waals surface area contributed by atoms with Crippen LogP contribution >= 0.6 is 0 Å². The zero-order valence-corrected chi connectivity index (χ0v) is 12.9. The predicted octanol–water partition coefficient (Wildman–Crippen LogP) is 3.80. The molecule has 0 saturated carbocycles. The fourth-order valence-electron chi connectivity index (χ4n) is 2.14. The molecule has 0 spiro atoms. The topological polar surface area (TPSA) is 38.3 Å². The number of hydrogen-bond donors (Lipinski definition) is 1. The first-order valence-electron chi connectivity index (χ1n) is 7.03. The second kappa shape index (κ2) is 6.44. The molecule has 0 aliphatic heterocycles. The third-order valence-electron chi connectivity index (χ3n) is 3.73. The Morgan fingerprint density at radius 1 is 1.05 bits per heavy atom. The second-order valence-corrected chi connectivity index (χ2v) is 5.27. The van der Waals surface area contributed by atoms with Gasteiger partial charge in [0.15, 0.2) is 0 Å². The Labute approximate surface area is 126 Å². The Kier molecular flexibility index (Phi) is 4.63. The van der Waals surface area contributed by atoms with Crippen LogP contribution in [0.4, 0.5) is 0 Å². The van der Waals surface area contributed by atoms with Crippen LogP contribution in [0, 0.1) is 13.8 Å². The van der Waals surface area contributed by atoms with Crippen LogP contribution in [-0.2, 0) is 0 Å². The molecule has 1 N–H and O–H groups in total. The van der Waals surface area contributed by atoms with E-state index in [-0.39, 0.29) is 11.9 Å². The molecule has 1 atom stereocenters. The van der Waals surface area contributed by atoms with Crippen LogP contribution in [0.15, 0.2) is 42.5 Å². The Morgan fingerprint density at radius 3 is 2.29 bits per heavy atom. The highest BCUT2D eigenvalue weighted by Gasteiger charge is 2.12. The molecule has 2 aromatic rings. The molecule has 2 aromatic carbocycles. The lowest BCUT2D eigenvalue weighted by molar-refractivity contribution is 0.0940. The van der Waals surface area contributed by atoms with Crippen molar-refractivity contribution >= 4 is 5.91 Å². The fourth-order valence-corrected chi connectivity index (χ4v) is 2.14. The number of carbonyl (C=O) groups is 1. The summed E-state index contributed by atoms with van der Waals surface area (Å²) >= 11 is 0. The van der Waals surface area contributed by atoms with Crippen LogP contribution < -0.4 is 10.1 Å². The molecule has 0 aliphatic carbocycles. The maximum atomic E-state index is 12.2. The molecule has 0 fully saturated rings. The van der Waals surface area contributed by atoms with Gasteiger partial charge in [-0.15, -0.1) is 0 Å².